The van der Waals surface area contributed by atoms with Crippen LogP contribution in [0.2, 0.25) is 0 Å². The highest BCUT2D eigenvalue weighted by molar-refractivity contribution is 6.01. The van der Waals surface area contributed by atoms with Gasteiger partial charge in [0.1, 0.15) is 0 Å². The van der Waals surface area contributed by atoms with Gasteiger partial charge >= 0.3 is 0 Å². The summed E-state index contributed by atoms with van der Waals surface area (Å²) >= 11 is 0. The number of hydrogen-bond donors (Lipinski definition) is 1. The number of hydrogen-bond acceptors (Lipinski definition) is 6. The lowest BCUT2D eigenvalue weighted by molar-refractivity contribution is 0.0959. The van der Waals surface area contributed by atoms with E-state index >= 15 is 0 Å². The molecular formula is C24H26N2O5. The summed E-state index contributed by atoms with van der Waals surface area (Å²) in [6, 6.07) is 7.39. The van der Waals surface area contributed by atoms with Crippen LogP contribution < -0.4 is 19.6 Å². The number of nitrogens with zero attached hydrogens (tertiary/aromatic N) is 2. The zero-order chi connectivity index (χ0) is 22.3. The number of rotatable bonds is 4. The molecule has 0 bridgehead atoms. The molecule has 0 atom stereocenters. The van der Waals surface area contributed by atoms with Crippen molar-refractivity contribution < 1.29 is 24.2 Å². The number of carbonyl (C=O) groups is 1. The van der Waals surface area contributed by atoms with Gasteiger partial charge in [-0.1, -0.05) is 0 Å². The van der Waals surface area contributed by atoms with Crippen molar-refractivity contribution in [2.24, 2.45) is 4.99 Å². The normalized spacial score (nSPS) is 14.0. The zero-order valence-corrected chi connectivity index (χ0v) is 18.4. The number of aromatic nitrogens is 1. The van der Waals surface area contributed by atoms with Crippen LogP contribution in [-0.4, -0.2) is 37.1 Å². The molecule has 31 heavy (non-hydrogen) atoms. The first kappa shape index (κ1) is 20.8. The Balaban J connectivity index is 2.14. The Morgan fingerprint density at radius 3 is 2.19 bits per heavy atom. The molecule has 1 aliphatic rings. The molecule has 7 heteroatoms. The number of ether oxygens (including phenoxy) is 3. The molecule has 3 aromatic rings. The molecule has 1 heterocycles. The molecule has 1 N–H and O–H groups in total. The summed E-state index contributed by atoms with van der Waals surface area (Å²) in [5.74, 6) is 1.41. The van der Waals surface area contributed by atoms with Crippen molar-refractivity contribution in [1.82, 2.24) is 4.73 Å². The first-order chi connectivity index (χ1) is 14.9. The minimum absolute atomic E-state index is 0.0182. The molecule has 0 saturated heterocycles. The Labute approximate surface area is 180 Å². The quantitative estimate of drug-likeness (QED) is 0.635. The third-order valence-electron chi connectivity index (χ3n) is 5.86. The molecule has 1 aliphatic carbocycles. The molecule has 0 fully saturated rings. The molecule has 7 nitrogen and oxygen atoms in total. The van der Waals surface area contributed by atoms with Gasteiger partial charge in [0.2, 0.25) is 5.75 Å². The van der Waals surface area contributed by atoms with Gasteiger partial charge in [-0.05, 0) is 49.9 Å². The number of methoxy groups -OCH3 is 3. The third kappa shape index (κ3) is 3.40. The molecule has 2 aromatic carbocycles. The van der Waals surface area contributed by atoms with Gasteiger partial charge in [0.15, 0.2) is 17.3 Å². The average molecular weight is 422 g/mol. The van der Waals surface area contributed by atoms with Crippen LogP contribution in [0.15, 0.2) is 29.3 Å². The van der Waals surface area contributed by atoms with Crippen molar-refractivity contribution in [3.8, 4) is 17.2 Å². The topological polar surface area (TPSA) is 82.3 Å². The molecule has 0 saturated carbocycles. The van der Waals surface area contributed by atoms with Crippen molar-refractivity contribution in [2.45, 2.75) is 33.1 Å². The molecular weight excluding hydrogens is 396 g/mol. The maximum Gasteiger partial charge on any atom is 0.203 e. The van der Waals surface area contributed by atoms with E-state index in [4.69, 9.17) is 19.2 Å². The summed E-state index contributed by atoms with van der Waals surface area (Å²) < 4.78 is 17.5. The van der Waals surface area contributed by atoms with Crippen LogP contribution in [0, 0.1) is 13.8 Å². The Morgan fingerprint density at radius 2 is 1.58 bits per heavy atom. The molecule has 0 aliphatic heterocycles. The van der Waals surface area contributed by atoms with E-state index in [2.05, 4.69) is 0 Å². The van der Waals surface area contributed by atoms with Crippen LogP contribution in [0.1, 0.15) is 40.0 Å². The van der Waals surface area contributed by atoms with Gasteiger partial charge < -0.3 is 19.4 Å². The number of aryl methyl sites for hydroxylation is 2. The lowest BCUT2D eigenvalue weighted by Gasteiger charge is -2.21. The summed E-state index contributed by atoms with van der Waals surface area (Å²) in [6.07, 6.45) is 1.74. The minimum Gasteiger partial charge on any atom is -0.493 e. The monoisotopic (exact) mass is 422 g/mol. The van der Waals surface area contributed by atoms with Gasteiger partial charge in [0.25, 0.3) is 0 Å². The van der Waals surface area contributed by atoms with Crippen LogP contribution in [-0.2, 0) is 6.42 Å². The Morgan fingerprint density at radius 1 is 0.935 bits per heavy atom. The van der Waals surface area contributed by atoms with Crippen molar-refractivity contribution in [3.05, 3.63) is 52.0 Å². The van der Waals surface area contributed by atoms with Gasteiger partial charge in [-0.2, -0.15) is 4.73 Å². The van der Waals surface area contributed by atoms with E-state index in [1.165, 1.54) is 0 Å². The molecule has 162 valence electrons. The lowest BCUT2D eigenvalue weighted by atomic mass is 9.91. The highest BCUT2D eigenvalue weighted by Crippen LogP contribution is 2.41. The van der Waals surface area contributed by atoms with Crippen LogP contribution in [0.25, 0.3) is 10.9 Å². The van der Waals surface area contributed by atoms with Crippen LogP contribution in [0.3, 0.4) is 0 Å². The fourth-order valence-electron chi connectivity index (χ4n) is 4.13. The van der Waals surface area contributed by atoms with Gasteiger partial charge in [-0.25, -0.2) is 4.99 Å². The van der Waals surface area contributed by atoms with Gasteiger partial charge in [0.05, 0.1) is 49.1 Å². The zero-order valence-electron chi connectivity index (χ0n) is 18.4. The highest BCUT2D eigenvalue weighted by atomic mass is 16.5. The number of fused-ring (bicyclic) bond motifs is 2. The number of pyridine rings is 1. The average Bonchev–Trinajstić information content (AvgIpc) is 2.77. The van der Waals surface area contributed by atoms with Crippen molar-refractivity contribution in [3.63, 3.8) is 0 Å². The first-order valence-corrected chi connectivity index (χ1v) is 10.2. The highest BCUT2D eigenvalue weighted by Gasteiger charge is 2.25. The largest absolute Gasteiger partial charge is 0.493 e. The summed E-state index contributed by atoms with van der Waals surface area (Å²) in [7, 11) is 4.64. The maximum absolute atomic E-state index is 12.9. The van der Waals surface area contributed by atoms with Crippen molar-refractivity contribution in [2.75, 3.05) is 21.3 Å². The van der Waals surface area contributed by atoms with Gasteiger partial charge in [0, 0.05) is 23.9 Å². The minimum atomic E-state index is -0.0182. The van der Waals surface area contributed by atoms with Crippen LogP contribution >= 0.6 is 0 Å². The second-order valence-corrected chi connectivity index (χ2v) is 7.71. The number of carbonyl (C=O) groups excluding carboxylic acids is 1. The number of Topliss-reactive ketones (excluding diaryl/α,β-unsaturated/α-hetero) is 1. The van der Waals surface area contributed by atoms with Crippen LogP contribution in [0.5, 0.6) is 17.2 Å². The molecule has 0 radical (unpaired) electrons. The van der Waals surface area contributed by atoms with Gasteiger partial charge in [-0.3, -0.25) is 4.79 Å². The second-order valence-electron chi connectivity index (χ2n) is 7.71. The van der Waals surface area contributed by atoms with Crippen LogP contribution in [0.4, 0.5) is 5.69 Å². The Bertz CT molecular complexity index is 1250. The standard InChI is InChI=1S/C24H26N2O5/c1-13-9-16-18(10-14(13)2)26(28)17-7-6-8-19(27)22(17)23(16)25-15-11-20(29-3)24(31-5)21(12-15)30-4/h9-12,28H,6-8H2,1-5H3. The number of ketones is 1. The predicted octanol–water partition coefficient (Wildman–Crippen LogP) is 4.27. The lowest BCUT2D eigenvalue weighted by Crippen LogP contribution is -2.28. The predicted molar refractivity (Wildman–Crippen MR) is 117 cm³/mol. The third-order valence-corrected chi connectivity index (χ3v) is 5.86. The fourth-order valence-corrected chi connectivity index (χ4v) is 4.13. The van der Waals surface area contributed by atoms with E-state index in [0.29, 0.717) is 69.7 Å². The molecule has 0 spiro atoms. The van der Waals surface area contributed by atoms with E-state index < -0.39 is 0 Å². The van der Waals surface area contributed by atoms with Crippen molar-refractivity contribution >= 4 is 22.4 Å². The summed E-state index contributed by atoms with van der Waals surface area (Å²) in [5, 5.41) is 12.2. The summed E-state index contributed by atoms with van der Waals surface area (Å²) in [6.45, 7) is 4.00. The maximum atomic E-state index is 12.9. The Kier molecular flexibility index (Phi) is 5.35. The molecule has 1 aromatic heterocycles. The van der Waals surface area contributed by atoms with Crippen molar-refractivity contribution in [1.29, 1.82) is 0 Å². The Hall–Kier alpha value is -3.48. The van der Waals surface area contributed by atoms with E-state index in [0.717, 1.165) is 15.9 Å². The molecule has 0 amide bonds. The second kappa shape index (κ2) is 7.98. The van der Waals surface area contributed by atoms with Gasteiger partial charge in [-0.15, -0.1) is 0 Å². The molecule has 0 unspecified atom stereocenters. The van der Waals surface area contributed by atoms with E-state index in [1.54, 1.807) is 33.5 Å². The number of benzene rings is 2. The van der Waals surface area contributed by atoms with E-state index in [9.17, 15) is 10.0 Å². The smallest absolute Gasteiger partial charge is 0.203 e. The SMILES string of the molecule is COc1cc(N=c2c3c(n(O)c4cc(C)c(C)cc24)CCCC3=O)cc(OC)c1OC. The fraction of sp³-hybridized carbons (Fsp3) is 0.333. The molecule has 4 rings (SSSR count). The summed E-state index contributed by atoms with van der Waals surface area (Å²) in [5.41, 5.74) is 4.36. The summed E-state index contributed by atoms with van der Waals surface area (Å²) in [4.78, 5) is 17.8. The van der Waals surface area contributed by atoms with E-state index in [-0.39, 0.29) is 5.78 Å². The van der Waals surface area contributed by atoms with E-state index in [1.807, 2.05) is 26.0 Å². The first-order valence-electron chi connectivity index (χ1n) is 10.2.